The van der Waals surface area contributed by atoms with Crippen molar-refractivity contribution < 1.29 is 19.1 Å². The van der Waals surface area contributed by atoms with Gasteiger partial charge in [0.25, 0.3) is 0 Å². The molecule has 4 heterocycles. The molecule has 168 valence electrons. The minimum Gasteiger partial charge on any atom is -0.447 e. The lowest BCUT2D eigenvalue weighted by Crippen LogP contribution is -2.46. The highest BCUT2D eigenvalue weighted by Gasteiger charge is 2.41. The van der Waals surface area contributed by atoms with Crippen LogP contribution in [-0.2, 0) is 16.8 Å². The normalized spacial score (nSPS) is 21.7. The number of aliphatic hydroxyl groups is 1. The lowest BCUT2D eigenvalue weighted by Gasteiger charge is -2.35. The van der Waals surface area contributed by atoms with Gasteiger partial charge in [-0.25, -0.2) is 19.7 Å². The second kappa shape index (κ2) is 8.03. The highest BCUT2D eigenvalue weighted by atomic mass is 16.6. The number of aliphatic hydroxyl groups excluding tert-OH is 1. The predicted molar refractivity (Wildman–Crippen MR) is 116 cm³/mol. The van der Waals surface area contributed by atoms with Crippen molar-refractivity contribution in [3.8, 4) is 0 Å². The molecular formula is C22H26N6O4. The van der Waals surface area contributed by atoms with E-state index in [0.29, 0.717) is 18.0 Å². The van der Waals surface area contributed by atoms with Gasteiger partial charge in [0.2, 0.25) is 5.89 Å². The number of carbonyl (C=O) groups excluding carboxylic acids is 1. The van der Waals surface area contributed by atoms with E-state index in [1.807, 2.05) is 25.1 Å². The fraction of sp³-hybridized carbons (Fsp3) is 0.455. The summed E-state index contributed by atoms with van der Waals surface area (Å²) in [6, 6.07) is 5.50. The van der Waals surface area contributed by atoms with Crippen LogP contribution in [0.25, 0.3) is 11.1 Å². The number of aromatic nitrogens is 3. The molecule has 1 unspecified atom stereocenters. The summed E-state index contributed by atoms with van der Waals surface area (Å²) in [6.07, 6.45) is 1.09. The van der Waals surface area contributed by atoms with E-state index in [2.05, 4.69) is 37.0 Å². The number of nitrogens with one attached hydrogen (secondary N) is 1. The smallest absolute Gasteiger partial charge is 0.408 e. The molecule has 10 nitrogen and oxygen atoms in total. The first kappa shape index (κ1) is 20.7. The molecule has 0 bridgehead atoms. The van der Waals surface area contributed by atoms with Crippen LogP contribution >= 0.6 is 0 Å². The maximum Gasteiger partial charge on any atom is 0.408 e. The number of ether oxygens (including phenoxy) is 1. The van der Waals surface area contributed by atoms with Gasteiger partial charge in [0, 0.05) is 37.4 Å². The van der Waals surface area contributed by atoms with Crippen LogP contribution in [0.15, 0.2) is 28.9 Å². The Labute approximate surface area is 185 Å². The van der Waals surface area contributed by atoms with Crippen LogP contribution in [0, 0.1) is 13.8 Å². The fourth-order valence-electron chi connectivity index (χ4n) is 4.28. The zero-order valence-electron chi connectivity index (χ0n) is 18.2. The quantitative estimate of drug-likeness (QED) is 0.611. The van der Waals surface area contributed by atoms with Crippen LogP contribution in [0.4, 0.5) is 10.6 Å². The number of hydrogen-bond acceptors (Lipinski definition) is 9. The number of amides is 1. The summed E-state index contributed by atoms with van der Waals surface area (Å²) in [5.74, 6) is 1.65. The van der Waals surface area contributed by atoms with E-state index in [9.17, 15) is 9.90 Å². The molecule has 2 aliphatic rings. The van der Waals surface area contributed by atoms with Crippen LogP contribution < -0.4 is 10.2 Å². The minimum absolute atomic E-state index is 0.0739. The van der Waals surface area contributed by atoms with Gasteiger partial charge in [0.15, 0.2) is 5.58 Å². The number of carbonyl (C=O) groups is 1. The van der Waals surface area contributed by atoms with E-state index in [0.717, 1.165) is 54.3 Å². The molecule has 1 aromatic carbocycles. The van der Waals surface area contributed by atoms with Gasteiger partial charge in [-0.1, -0.05) is 6.07 Å². The number of rotatable bonds is 5. The predicted octanol–water partition coefficient (Wildman–Crippen LogP) is 1.48. The second-order valence-corrected chi connectivity index (χ2v) is 8.40. The van der Waals surface area contributed by atoms with E-state index in [4.69, 9.17) is 9.15 Å². The summed E-state index contributed by atoms with van der Waals surface area (Å²) in [4.78, 5) is 29.5. The van der Waals surface area contributed by atoms with E-state index in [-0.39, 0.29) is 13.2 Å². The van der Waals surface area contributed by atoms with Gasteiger partial charge in [-0.05, 0) is 31.5 Å². The van der Waals surface area contributed by atoms with Crippen LogP contribution in [-0.4, -0.2) is 70.4 Å². The average Bonchev–Trinajstić information content (AvgIpc) is 3.39. The van der Waals surface area contributed by atoms with Crippen LogP contribution in [0.5, 0.6) is 0 Å². The summed E-state index contributed by atoms with van der Waals surface area (Å²) >= 11 is 0. The summed E-state index contributed by atoms with van der Waals surface area (Å²) < 4.78 is 11.0. The van der Waals surface area contributed by atoms with E-state index in [1.54, 1.807) is 6.33 Å². The van der Waals surface area contributed by atoms with Crippen molar-refractivity contribution in [3.63, 3.8) is 0 Å². The Morgan fingerprint density at radius 1 is 1.19 bits per heavy atom. The zero-order chi connectivity index (χ0) is 22.3. The van der Waals surface area contributed by atoms with Gasteiger partial charge < -0.3 is 24.5 Å². The maximum atomic E-state index is 11.5. The first-order valence-corrected chi connectivity index (χ1v) is 10.7. The first-order valence-electron chi connectivity index (χ1n) is 10.7. The molecule has 2 fully saturated rings. The van der Waals surface area contributed by atoms with Crippen LogP contribution in [0.3, 0.4) is 0 Å². The van der Waals surface area contributed by atoms with Crippen molar-refractivity contribution in [2.24, 2.45) is 0 Å². The Morgan fingerprint density at radius 2 is 2.00 bits per heavy atom. The molecule has 2 aliphatic heterocycles. The highest BCUT2D eigenvalue weighted by Crippen LogP contribution is 2.29. The molecule has 32 heavy (non-hydrogen) atoms. The van der Waals surface area contributed by atoms with Crippen molar-refractivity contribution in [1.29, 1.82) is 0 Å². The molecular weight excluding hydrogens is 412 g/mol. The highest BCUT2D eigenvalue weighted by molar-refractivity contribution is 5.76. The largest absolute Gasteiger partial charge is 0.447 e. The second-order valence-electron chi connectivity index (χ2n) is 8.40. The Morgan fingerprint density at radius 3 is 2.72 bits per heavy atom. The summed E-state index contributed by atoms with van der Waals surface area (Å²) in [5, 5.41) is 12.6. The molecule has 2 saturated heterocycles. The third-order valence-electron chi connectivity index (χ3n) is 6.39. The standard InChI is InChI=1S/C22H26N6O4/c1-14-15(2)23-13-24-20(14)28-7-5-27(6-8-28)10-19-25-17-4-3-16(9-18(17)32-19)22(11-29)12-31-21(30)26-22/h3-4,9,13,29H,5-8,10-12H2,1-2H3,(H,26,30). The van der Waals surface area contributed by atoms with Crippen molar-refractivity contribution in [3.05, 3.63) is 47.2 Å². The molecule has 0 aliphatic carbocycles. The summed E-state index contributed by atoms with van der Waals surface area (Å²) in [5.41, 5.74) is 3.27. The molecule has 1 amide bonds. The zero-order valence-corrected chi connectivity index (χ0v) is 18.2. The molecule has 5 rings (SSSR count). The number of nitrogens with zero attached hydrogens (tertiary/aromatic N) is 5. The van der Waals surface area contributed by atoms with Crippen LogP contribution in [0.2, 0.25) is 0 Å². The van der Waals surface area contributed by atoms with Crippen molar-refractivity contribution in [2.75, 3.05) is 44.3 Å². The SMILES string of the molecule is Cc1ncnc(N2CCN(Cc3nc4ccc(C5(CO)COC(=O)N5)cc4o3)CC2)c1C. The molecule has 0 radical (unpaired) electrons. The average molecular weight is 438 g/mol. The molecule has 1 atom stereocenters. The van der Waals surface area contributed by atoms with E-state index < -0.39 is 11.6 Å². The molecule has 10 heteroatoms. The molecule has 2 N–H and O–H groups in total. The molecule has 0 spiro atoms. The Bertz CT molecular complexity index is 1160. The number of alkyl carbamates (subject to hydrolysis) is 1. The molecule has 3 aromatic rings. The topological polar surface area (TPSA) is 117 Å². The third-order valence-corrected chi connectivity index (χ3v) is 6.39. The Balaban J connectivity index is 1.27. The van der Waals surface area contributed by atoms with Gasteiger partial charge in [-0.15, -0.1) is 0 Å². The van der Waals surface area contributed by atoms with Crippen molar-refractivity contribution in [1.82, 2.24) is 25.2 Å². The lowest BCUT2D eigenvalue weighted by molar-refractivity contribution is 0.145. The lowest BCUT2D eigenvalue weighted by atomic mass is 9.92. The van der Waals surface area contributed by atoms with Crippen molar-refractivity contribution >= 4 is 23.0 Å². The first-order chi connectivity index (χ1) is 15.5. The Kier molecular flexibility index (Phi) is 5.18. The minimum atomic E-state index is -0.952. The van der Waals surface area contributed by atoms with Crippen LogP contribution in [0.1, 0.15) is 22.7 Å². The number of oxazole rings is 1. The van der Waals surface area contributed by atoms with Gasteiger partial charge in [0.1, 0.15) is 29.8 Å². The number of fused-ring (bicyclic) bond motifs is 1. The summed E-state index contributed by atoms with van der Waals surface area (Å²) in [7, 11) is 0. The number of hydrogen-bond donors (Lipinski definition) is 2. The Hall–Kier alpha value is -3.24. The monoisotopic (exact) mass is 438 g/mol. The number of benzene rings is 1. The molecule has 2 aromatic heterocycles. The van der Waals surface area contributed by atoms with E-state index >= 15 is 0 Å². The fourth-order valence-corrected chi connectivity index (χ4v) is 4.28. The third kappa shape index (κ3) is 3.65. The van der Waals surface area contributed by atoms with Crippen molar-refractivity contribution in [2.45, 2.75) is 25.9 Å². The number of cyclic esters (lactones) is 1. The van der Waals surface area contributed by atoms with Gasteiger partial charge in [0.05, 0.1) is 13.2 Å². The summed E-state index contributed by atoms with van der Waals surface area (Å²) in [6.45, 7) is 8.00. The van der Waals surface area contributed by atoms with Gasteiger partial charge >= 0.3 is 6.09 Å². The van der Waals surface area contributed by atoms with Gasteiger partial charge in [-0.3, -0.25) is 4.90 Å². The maximum absolute atomic E-state index is 11.5. The van der Waals surface area contributed by atoms with E-state index in [1.165, 1.54) is 0 Å². The molecule has 0 saturated carbocycles. The number of anilines is 1. The van der Waals surface area contributed by atoms with Gasteiger partial charge in [-0.2, -0.15) is 0 Å². The number of piperazine rings is 1. The number of aryl methyl sites for hydroxylation is 1.